The molecule has 218 valence electrons. The summed E-state index contributed by atoms with van der Waals surface area (Å²) in [7, 11) is -0.902. The summed E-state index contributed by atoms with van der Waals surface area (Å²) in [6.45, 7) is 9.78. The summed E-state index contributed by atoms with van der Waals surface area (Å²) in [4.78, 5) is 16.2. The molecule has 1 aromatic carbocycles. The van der Waals surface area contributed by atoms with Gasteiger partial charge in [0.2, 0.25) is 10.0 Å². The molecule has 8 nitrogen and oxygen atoms in total. The van der Waals surface area contributed by atoms with Crippen LogP contribution >= 0.6 is 0 Å². The number of aliphatic imine (C=N–C) groups is 1. The first-order chi connectivity index (χ1) is 18.3. The van der Waals surface area contributed by atoms with E-state index >= 15 is 0 Å². The molecule has 0 saturated carbocycles. The molecular weight excluding hydrogens is 523 g/mol. The van der Waals surface area contributed by atoms with Gasteiger partial charge in [-0.25, -0.2) is 17.8 Å². The number of nitrogens with zero attached hydrogens (tertiary/aromatic N) is 2. The van der Waals surface area contributed by atoms with Crippen molar-refractivity contribution in [1.29, 1.82) is 0 Å². The van der Waals surface area contributed by atoms with Crippen LogP contribution in [0.3, 0.4) is 0 Å². The van der Waals surface area contributed by atoms with Gasteiger partial charge in [-0.1, -0.05) is 58.9 Å². The Morgan fingerprint density at radius 3 is 2.28 bits per heavy atom. The highest BCUT2D eigenvalue weighted by Crippen LogP contribution is 2.36. The lowest BCUT2D eigenvalue weighted by Crippen LogP contribution is -2.26. The van der Waals surface area contributed by atoms with E-state index in [9.17, 15) is 27.8 Å². The van der Waals surface area contributed by atoms with Crippen LogP contribution in [0.5, 0.6) is 0 Å². The highest BCUT2D eigenvalue weighted by molar-refractivity contribution is 7.88. The van der Waals surface area contributed by atoms with Crippen LogP contribution in [0.15, 0.2) is 58.4 Å². The van der Waals surface area contributed by atoms with Gasteiger partial charge in [0.15, 0.2) is 0 Å². The molecule has 0 aliphatic carbocycles. The van der Waals surface area contributed by atoms with E-state index in [1.54, 1.807) is 18.2 Å². The van der Waals surface area contributed by atoms with Crippen LogP contribution in [-0.4, -0.2) is 67.2 Å². The van der Waals surface area contributed by atoms with E-state index in [2.05, 4.69) is 4.74 Å². The van der Waals surface area contributed by atoms with E-state index < -0.39 is 28.2 Å². The van der Waals surface area contributed by atoms with E-state index in [0.29, 0.717) is 29.9 Å². The number of carbonyl (C=O) groups excluding carboxylic acids is 1. The van der Waals surface area contributed by atoms with Crippen LogP contribution < -0.4 is 0 Å². The topological polar surface area (TPSA) is 117 Å². The number of rotatable bonds is 11. The number of aliphatic hydroxyl groups excluding tert-OH is 2. The third-order valence-electron chi connectivity index (χ3n) is 6.12. The number of halogens is 1. The number of sulfonamides is 1. The second-order valence-electron chi connectivity index (χ2n) is 9.34. The second-order valence-corrected chi connectivity index (χ2v) is 11.3. The predicted molar refractivity (Wildman–Crippen MR) is 154 cm³/mol. The summed E-state index contributed by atoms with van der Waals surface area (Å²) >= 11 is 0. The lowest BCUT2D eigenvalue weighted by molar-refractivity contribution is -0.143. The Labute approximate surface area is 232 Å². The third kappa shape index (κ3) is 10.0. The van der Waals surface area contributed by atoms with Crippen molar-refractivity contribution in [3.8, 4) is 0 Å². The van der Waals surface area contributed by atoms with Gasteiger partial charge in [-0.05, 0) is 47.6 Å². The minimum atomic E-state index is -3.59. The van der Waals surface area contributed by atoms with Crippen molar-refractivity contribution in [2.75, 3.05) is 20.4 Å². The highest BCUT2D eigenvalue weighted by atomic mass is 32.2. The van der Waals surface area contributed by atoms with Gasteiger partial charge in [0.05, 0.1) is 37.7 Å². The summed E-state index contributed by atoms with van der Waals surface area (Å²) in [6.07, 6.45) is 2.73. The van der Waals surface area contributed by atoms with Gasteiger partial charge in [0, 0.05) is 19.0 Å². The van der Waals surface area contributed by atoms with Crippen LogP contribution in [-0.2, 0) is 19.6 Å². The van der Waals surface area contributed by atoms with Crippen molar-refractivity contribution in [1.82, 2.24) is 4.31 Å². The first-order valence-electron chi connectivity index (χ1n) is 13.1. The maximum atomic E-state index is 13.7. The molecule has 1 aliphatic rings. The molecule has 0 amide bonds. The molecule has 39 heavy (non-hydrogen) atoms. The summed E-state index contributed by atoms with van der Waals surface area (Å²) in [5, 5.41) is 20.7. The number of hydrogen-bond donors (Lipinski definition) is 2. The number of benzene rings is 1. The lowest BCUT2D eigenvalue weighted by Gasteiger charge is -2.21. The normalized spacial score (nSPS) is 15.9. The Morgan fingerprint density at radius 2 is 1.79 bits per heavy atom. The summed E-state index contributed by atoms with van der Waals surface area (Å²) < 4.78 is 44.3. The quantitative estimate of drug-likeness (QED) is 0.370. The van der Waals surface area contributed by atoms with Gasteiger partial charge >= 0.3 is 5.97 Å². The molecule has 10 heteroatoms. The fraction of sp³-hybridized carbons (Fsp3) is 0.517. The summed E-state index contributed by atoms with van der Waals surface area (Å²) in [6, 6.07) is 6.03. The highest BCUT2D eigenvalue weighted by Gasteiger charge is 2.27. The fourth-order valence-electron chi connectivity index (χ4n) is 3.99. The number of allylic oxidation sites excluding steroid dienone is 4. The lowest BCUT2D eigenvalue weighted by atomic mass is 9.88. The fourth-order valence-corrected chi connectivity index (χ4v) is 4.47. The van der Waals surface area contributed by atoms with Crippen LogP contribution in [0.2, 0.25) is 0 Å². The van der Waals surface area contributed by atoms with Crippen LogP contribution in [0, 0.1) is 11.7 Å². The Morgan fingerprint density at radius 1 is 1.21 bits per heavy atom. The second kappa shape index (κ2) is 15.7. The first kappa shape index (κ1) is 34.2. The average molecular weight is 567 g/mol. The van der Waals surface area contributed by atoms with Crippen molar-refractivity contribution < 1.29 is 32.6 Å². The van der Waals surface area contributed by atoms with Gasteiger partial charge in [0.25, 0.3) is 0 Å². The van der Waals surface area contributed by atoms with Crippen molar-refractivity contribution in [3.63, 3.8) is 0 Å². The molecule has 0 spiro atoms. The molecule has 0 aromatic heterocycles. The number of ether oxygens (including phenoxy) is 1. The number of methoxy groups -OCH3 is 1. The number of hydrogen-bond acceptors (Lipinski definition) is 7. The van der Waals surface area contributed by atoms with Gasteiger partial charge in [0.1, 0.15) is 11.6 Å². The van der Waals surface area contributed by atoms with Crippen LogP contribution in [0.1, 0.15) is 65.9 Å². The monoisotopic (exact) mass is 566 g/mol. The summed E-state index contributed by atoms with van der Waals surface area (Å²) in [5.41, 5.74) is 3.62. The Bertz CT molecular complexity index is 1200. The molecule has 1 aliphatic heterocycles. The molecule has 0 saturated heterocycles. The maximum Gasteiger partial charge on any atom is 0.308 e. The minimum absolute atomic E-state index is 0.0839. The zero-order chi connectivity index (χ0) is 29.9. The van der Waals surface area contributed by atoms with Crippen molar-refractivity contribution in [3.05, 3.63) is 64.8 Å². The first-order valence-corrected chi connectivity index (χ1v) is 15.0. The third-order valence-corrected chi connectivity index (χ3v) is 7.29. The summed E-state index contributed by atoms with van der Waals surface area (Å²) in [5.74, 6) is -0.752. The predicted octanol–water partition coefficient (Wildman–Crippen LogP) is 4.85. The van der Waals surface area contributed by atoms with E-state index in [1.165, 1.54) is 36.7 Å². The van der Waals surface area contributed by atoms with Crippen molar-refractivity contribution >= 4 is 27.3 Å². The van der Waals surface area contributed by atoms with E-state index in [-0.39, 0.29) is 24.6 Å². The van der Waals surface area contributed by atoms with E-state index in [0.717, 1.165) is 23.0 Å². The zero-order valence-corrected chi connectivity index (χ0v) is 25.0. The smallest absolute Gasteiger partial charge is 0.308 e. The Kier molecular flexibility index (Phi) is 13.8. The molecule has 0 fully saturated rings. The van der Waals surface area contributed by atoms with Crippen molar-refractivity contribution in [2.24, 2.45) is 10.9 Å². The van der Waals surface area contributed by atoms with Crippen molar-refractivity contribution in [2.45, 2.75) is 72.5 Å². The Balaban J connectivity index is 0.00000371. The number of aliphatic hydroxyl groups is 2. The Hall–Kier alpha value is -2.82. The van der Waals surface area contributed by atoms with Crippen LogP contribution in [0.4, 0.5) is 4.39 Å². The molecule has 2 atom stereocenters. The maximum absolute atomic E-state index is 13.7. The van der Waals surface area contributed by atoms with Gasteiger partial charge in [-0.2, -0.15) is 0 Å². The molecular formula is C29H43FN2O6S. The molecule has 1 heterocycles. The molecule has 1 aromatic rings. The SMILES string of the molecule is CC.CCC1=C(N(C)S(C)(=O)=O)N=C(C(C)C)C(/C=C/C(O)CC(O)CC(=O)OC)=C(c2ccc(F)cc2)C1. The molecule has 2 unspecified atom stereocenters. The van der Waals surface area contributed by atoms with E-state index in [4.69, 9.17) is 4.99 Å². The van der Waals surface area contributed by atoms with Gasteiger partial charge in [-0.3, -0.25) is 9.10 Å². The molecule has 0 bridgehead atoms. The number of esters is 1. The molecule has 0 radical (unpaired) electrons. The molecule has 2 rings (SSSR count). The van der Waals surface area contributed by atoms with Gasteiger partial charge in [-0.15, -0.1) is 0 Å². The standard InChI is InChI=1S/C27H37FN2O6S.C2H6/c1-7-18-14-24(19-8-10-20(28)11-9-19)23(13-12-21(31)15-22(32)16-25(33)36-5)26(17(2)3)29-27(18)30(4)37(6,34)35;1-2/h8-13,17,21-22,31-32H,7,14-16H2,1-6H3;1-2H3/b13-12+;. The number of carbonyl (C=O) groups is 1. The van der Waals surface area contributed by atoms with Crippen LogP contribution in [0.25, 0.3) is 5.57 Å². The van der Waals surface area contributed by atoms with Gasteiger partial charge < -0.3 is 14.9 Å². The molecule has 2 N–H and O–H groups in total. The zero-order valence-electron chi connectivity index (χ0n) is 24.2. The largest absolute Gasteiger partial charge is 0.469 e. The minimum Gasteiger partial charge on any atom is -0.469 e. The average Bonchev–Trinajstić information content (AvgIpc) is 3.04. The van der Waals surface area contributed by atoms with E-state index in [1.807, 2.05) is 34.6 Å².